The number of nitrogens with one attached hydrogen (secondary N) is 2. The van der Waals surface area contributed by atoms with Crippen LogP contribution in [0.25, 0.3) is 0 Å². The normalized spacial score (nSPS) is 16.9. The van der Waals surface area contributed by atoms with Crippen molar-refractivity contribution in [3.05, 3.63) is 58.5 Å². The molecule has 0 unspecified atom stereocenters. The summed E-state index contributed by atoms with van der Waals surface area (Å²) in [5.41, 5.74) is 1.84. The average molecular weight is 383 g/mol. The molecular formula is C21H29N5O2. The van der Waals surface area contributed by atoms with E-state index in [4.69, 9.17) is 0 Å². The Labute approximate surface area is 165 Å². The first-order chi connectivity index (χ1) is 13.7. The van der Waals surface area contributed by atoms with Crippen LogP contribution in [0.15, 0.2) is 47.4 Å². The van der Waals surface area contributed by atoms with E-state index in [1.165, 1.54) is 11.6 Å². The Morgan fingerprint density at radius 1 is 1.36 bits per heavy atom. The second-order valence-electron chi connectivity index (χ2n) is 7.23. The molecule has 1 aliphatic heterocycles. The predicted octanol–water partition coefficient (Wildman–Crippen LogP) is 1.62. The third kappa shape index (κ3) is 5.66. The molecule has 1 atom stereocenters. The number of likely N-dealkylation sites (N-methyl/N-ethyl adjacent to an activating group) is 1. The van der Waals surface area contributed by atoms with Crippen molar-refractivity contribution in [1.29, 1.82) is 0 Å². The molecule has 0 bridgehead atoms. The lowest BCUT2D eigenvalue weighted by Crippen LogP contribution is -2.45. The zero-order valence-electron chi connectivity index (χ0n) is 16.4. The lowest BCUT2D eigenvalue weighted by molar-refractivity contribution is -0.125. The molecule has 3 rings (SSSR count). The summed E-state index contributed by atoms with van der Waals surface area (Å²) in [6, 6.07) is 11.9. The molecule has 1 amide bonds. The first-order valence-electron chi connectivity index (χ1n) is 9.99. The molecule has 2 heterocycles. The van der Waals surface area contributed by atoms with Gasteiger partial charge in [-0.25, -0.2) is 5.10 Å². The topological polar surface area (TPSA) is 81.3 Å². The van der Waals surface area contributed by atoms with Crippen LogP contribution < -0.4 is 15.8 Å². The van der Waals surface area contributed by atoms with Crippen molar-refractivity contribution in [3.63, 3.8) is 0 Å². The van der Waals surface area contributed by atoms with Gasteiger partial charge in [-0.1, -0.05) is 37.3 Å². The van der Waals surface area contributed by atoms with E-state index in [1.54, 1.807) is 6.20 Å². The van der Waals surface area contributed by atoms with Crippen LogP contribution in [0.4, 0.5) is 5.69 Å². The number of piperidine rings is 1. The van der Waals surface area contributed by atoms with E-state index in [2.05, 4.69) is 56.5 Å². The van der Waals surface area contributed by atoms with E-state index in [9.17, 15) is 9.59 Å². The van der Waals surface area contributed by atoms with Crippen LogP contribution in [-0.4, -0.2) is 53.7 Å². The van der Waals surface area contributed by atoms with Gasteiger partial charge < -0.3 is 10.2 Å². The maximum atomic E-state index is 12.6. The first-order valence-corrected chi connectivity index (χ1v) is 9.99. The first kappa shape index (κ1) is 20.1. The van der Waals surface area contributed by atoms with Crippen molar-refractivity contribution in [3.8, 4) is 0 Å². The summed E-state index contributed by atoms with van der Waals surface area (Å²) in [6.45, 7) is 6.90. The summed E-state index contributed by atoms with van der Waals surface area (Å²) in [4.78, 5) is 28.5. The van der Waals surface area contributed by atoms with Crippen LogP contribution in [0.3, 0.4) is 0 Å². The number of aromatic nitrogens is 2. The zero-order valence-corrected chi connectivity index (χ0v) is 16.4. The molecule has 0 aliphatic carbocycles. The Bertz CT molecular complexity index is 808. The van der Waals surface area contributed by atoms with E-state index in [0.717, 1.165) is 44.7 Å². The average Bonchev–Trinajstić information content (AvgIpc) is 2.73. The minimum Gasteiger partial charge on any atom is -0.369 e. The fourth-order valence-corrected chi connectivity index (χ4v) is 3.64. The number of H-pyrrole nitrogens is 1. The molecule has 28 heavy (non-hydrogen) atoms. The Balaban J connectivity index is 1.46. The summed E-state index contributed by atoms with van der Waals surface area (Å²) >= 11 is 0. The molecule has 2 aromatic rings. The highest BCUT2D eigenvalue weighted by molar-refractivity contribution is 5.79. The lowest BCUT2D eigenvalue weighted by atomic mass is 9.97. The predicted molar refractivity (Wildman–Crippen MR) is 110 cm³/mol. The van der Waals surface area contributed by atoms with Crippen molar-refractivity contribution in [1.82, 2.24) is 20.4 Å². The Morgan fingerprint density at radius 2 is 2.18 bits per heavy atom. The molecule has 1 aromatic carbocycles. The Hall–Kier alpha value is -2.67. The van der Waals surface area contributed by atoms with Gasteiger partial charge in [0.15, 0.2) is 0 Å². The molecule has 7 nitrogen and oxygen atoms in total. The molecular weight excluding hydrogens is 354 g/mol. The van der Waals surface area contributed by atoms with E-state index in [1.807, 2.05) is 6.07 Å². The number of anilines is 1. The van der Waals surface area contributed by atoms with Crippen LogP contribution in [-0.2, 0) is 11.3 Å². The Morgan fingerprint density at radius 3 is 2.93 bits per heavy atom. The van der Waals surface area contributed by atoms with Gasteiger partial charge in [0.2, 0.25) is 5.91 Å². The molecule has 7 heteroatoms. The van der Waals surface area contributed by atoms with E-state index in [-0.39, 0.29) is 17.4 Å². The number of carbonyl (C=O) groups is 1. The standard InChI is InChI=1S/C21H29N5O2/c1-2-25(15-17-7-4-3-5-8-17)12-10-22-21(28)18-9-6-11-26(16-18)19-13-20(27)24-23-14-19/h3-5,7-8,13-14,18H,2,6,9-12,15-16H2,1H3,(H,22,28)(H,24,27)/t18-/m0/s1. The second-order valence-corrected chi connectivity index (χ2v) is 7.23. The van der Waals surface area contributed by atoms with Gasteiger partial charge in [-0.05, 0) is 24.9 Å². The quantitative estimate of drug-likeness (QED) is 0.724. The van der Waals surface area contributed by atoms with Crippen molar-refractivity contribution in [2.24, 2.45) is 5.92 Å². The molecule has 0 spiro atoms. The van der Waals surface area contributed by atoms with Crippen molar-refractivity contribution in [2.45, 2.75) is 26.3 Å². The van der Waals surface area contributed by atoms with Crippen LogP contribution >= 0.6 is 0 Å². The number of hydrogen-bond acceptors (Lipinski definition) is 5. The summed E-state index contributed by atoms with van der Waals surface area (Å²) < 4.78 is 0. The summed E-state index contributed by atoms with van der Waals surface area (Å²) in [5, 5.41) is 9.34. The second kappa shape index (κ2) is 10.0. The van der Waals surface area contributed by atoms with Crippen molar-refractivity contribution < 1.29 is 4.79 Å². The number of rotatable bonds is 8. The van der Waals surface area contributed by atoms with Crippen molar-refractivity contribution >= 4 is 11.6 Å². The molecule has 0 saturated carbocycles. The zero-order chi connectivity index (χ0) is 19.8. The number of nitrogens with zero attached hydrogens (tertiary/aromatic N) is 3. The number of carbonyl (C=O) groups excluding carboxylic acids is 1. The molecule has 0 radical (unpaired) electrons. The summed E-state index contributed by atoms with van der Waals surface area (Å²) in [6.07, 6.45) is 3.45. The third-order valence-corrected chi connectivity index (χ3v) is 5.23. The summed E-state index contributed by atoms with van der Waals surface area (Å²) in [5.74, 6) is 0.0375. The van der Waals surface area contributed by atoms with Gasteiger partial charge in [-0.2, -0.15) is 5.10 Å². The number of amides is 1. The highest BCUT2D eigenvalue weighted by atomic mass is 16.2. The molecule has 1 saturated heterocycles. The monoisotopic (exact) mass is 383 g/mol. The van der Waals surface area contributed by atoms with Gasteiger partial charge in [-0.15, -0.1) is 0 Å². The maximum Gasteiger partial charge on any atom is 0.266 e. The minimum absolute atomic E-state index is 0.0581. The fourth-order valence-electron chi connectivity index (χ4n) is 3.64. The highest BCUT2D eigenvalue weighted by Gasteiger charge is 2.26. The van der Waals surface area contributed by atoms with Crippen LogP contribution in [0.5, 0.6) is 0 Å². The minimum atomic E-state index is -0.220. The van der Waals surface area contributed by atoms with E-state index < -0.39 is 0 Å². The number of benzene rings is 1. The third-order valence-electron chi connectivity index (χ3n) is 5.23. The van der Waals surface area contributed by atoms with Crippen LogP contribution in [0.2, 0.25) is 0 Å². The maximum absolute atomic E-state index is 12.6. The van der Waals surface area contributed by atoms with E-state index in [0.29, 0.717) is 13.1 Å². The van der Waals surface area contributed by atoms with Crippen LogP contribution in [0.1, 0.15) is 25.3 Å². The number of hydrogen-bond donors (Lipinski definition) is 2. The van der Waals surface area contributed by atoms with Gasteiger partial charge in [0.25, 0.3) is 5.56 Å². The molecule has 1 fully saturated rings. The SMILES string of the molecule is CCN(CCNC(=O)[C@H]1CCCN(c2cn[nH]c(=O)c2)C1)Cc1ccccc1. The van der Waals surface area contributed by atoms with Gasteiger partial charge in [0, 0.05) is 38.8 Å². The molecule has 150 valence electrons. The molecule has 1 aliphatic rings. The Kier molecular flexibility index (Phi) is 7.19. The fraction of sp³-hybridized carbons (Fsp3) is 0.476. The van der Waals surface area contributed by atoms with Crippen molar-refractivity contribution in [2.75, 3.05) is 37.6 Å². The molecule has 1 aromatic heterocycles. The van der Waals surface area contributed by atoms with Gasteiger partial charge in [0.1, 0.15) is 0 Å². The smallest absolute Gasteiger partial charge is 0.266 e. The summed E-state index contributed by atoms with van der Waals surface area (Å²) in [7, 11) is 0. The largest absolute Gasteiger partial charge is 0.369 e. The molecule has 2 N–H and O–H groups in total. The lowest BCUT2D eigenvalue weighted by Gasteiger charge is -2.33. The van der Waals surface area contributed by atoms with Gasteiger partial charge >= 0.3 is 0 Å². The van der Waals surface area contributed by atoms with E-state index >= 15 is 0 Å². The van der Waals surface area contributed by atoms with Gasteiger partial charge in [0.05, 0.1) is 17.8 Å². The van der Waals surface area contributed by atoms with Crippen LogP contribution in [0, 0.1) is 5.92 Å². The number of aromatic amines is 1. The van der Waals surface area contributed by atoms with Gasteiger partial charge in [-0.3, -0.25) is 14.5 Å². The highest BCUT2D eigenvalue weighted by Crippen LogP contribution is 2.21.